The molecule has 1 aromatic heterocycles. The SMILES string of the molecule is COc1ccc(N2C(=O)C3C4CC(C3C2=O)C2C4Sc3[nH]c(=O)sc3[C@@H]2c2cc(Cl)ccc2OCC(=O)Nc2cccc(C)c2)cc1. The number of nitrogens with one attached hydrogen (secondary N) is 2. The molecule has 7 atom stereocenters. The summed E-state index contributed by atoms with van der Waals surface area (Å²) in [5.41, 5.74) is 3.01. The van der Waals surface area contributed by atoms with Crippen LogP contribution in [0.3, 0.4) is 0 Å². The highest BCUT2D eigenvalue weighted by molar-refractivity contribution is 8.00. The van der Waals surface area contributed by atoms with Gasteiger partial charge >= 0.3 is 4.87 Å². The van der Waals surface area contributed by atoms with E-state index in [1.54, 1.807) is 55.3 Å². The second kappa shape index (κ2) is 11.6. The van der Waals surface area contributed by atoms with Gasteiger partial charge in [-0.3, -0.25) is 24.1 Å². The molecule has 9 nitrogen and oxygen atoms in total. The Morgan fingerprint density at radius 2 is 1.79 bits per heavy atom. The number of anilines is 2. The minimum absolute atomic E-state index is 0.00646. The van der Waals surface area contributed by atoms with Gasteiger partial charge in [-0.15, -0.1) is 11.8 Å². The number of aromatic nitrogens is 1. The summed E-state index contributed by atoms with van der Waals surface area (Å²) in [6.07, 6.45) is 0.747. The summed E-state index contributed by atoms with van der Waals surface area (Å²) in [6, 6.07) is 19.8. The quantitative estimate of drug-likeness (QED) is 0.226. The molecule has 3 fully saturated rings. The van der Waals surface area contributed by atoms with Gasteiger partial charge in [-0.25, -0.2) is 0 Å². The van der Waals surface area contributed by atoms with Crippen LogP contribution in [0.15, 0.2) is 76.6 Å². The van der Waals surface area contributed by atoms with E-state index in [4.69, 9.17) is 21.1 Å². The van der Waals surface area contributed by atoms with E-state index in [-0.39, 0.29) is 58.1 Å². The Morgan fingerprint density at radius 3 is 2.53 bits per heavy atom. The van der Waals surface area contributed by atoms with Crippen LogP contribution in [0.5, 0.6) is 11.5 Å². The molecule has 47 heavy (non-hydrogen) atoms. The number of H-pyrrole nitrogens is 1. The lowest BCUT2D eigenvalue weighted by Crippen LogP contribution is -2.42. The van der Waals surface area contributed by atoms with E-state index in [9.17, 15) is 19.2 Å². The molecule has 6 unspecified atom stereocenters. The molecule has 0 radical (unpaired) electrons. The molecule has 1 saturated heterocycles. The molecule has 0 spiro atoms. The number of halogens is 1. The number of carbonyl (C=O) groups excluding carboxylic acids is 3. The molecule has 3 heterocycles. The van der Waals surface area contributed by atoms with Crippen LogP contribution in [0.25, 0.3) is 0 Å². The van der Waals surface area contributed by atoms with Gasteiger partial charge in [-0.1, -0.05) is 35.1 Å². The summed E-state index contributed by atoms with van der Waals surface area (Å²) in [5, 5.41) is 4.15. The van der Waals surface area contributed by atoms with E-state index < -0.39 is 11.8 Å². The molecule has 2 bridgehead atoms. The van der Waals surface area contributed by atoms with Crippen molar-refractivity contribution in [2.45, 2.75) is 29.5 Å². The van der Waals surface area contributed by atoms with Crippen LogP contribution in [0.4, 0.5) is 11.4 Å². The van der Waals surface area contributed by atoms with E-state index in [0.717, 1.165) is 38.8 Å². The average Bonchev–Trinajstić information content (AvgIpc) is 3.79. The fourth-order valence-electron chi connectivity index (χ4n) is 8.31. The van der Waals surface area contributed by atoms with E-state index in [0.29, 0.717) is 27.9 Å². The maximum atomic E-state index is 14.1. The number of nitrogens with zero attached hydrogens (tertiary/aromatic N) is 1. The molecule has 2 aliphatic carbocycles. The van der Waals surface area contributed by atoms with Gasteiger partial charge in [0.25, 0.3) is 5.91 Å². The highest BCUT2D eigenvalue weighted by atomic mass is 35.5. The monoisotopic (exact) mass is 687 g/mol. The van der Waals surface area contributed by atoms with Gasteiger partial charge in [-0.2, -0.15) is 0 Å². The molecule has 8 rings (SSSR count). The zero-order valence-electron chi connectivity index (χ0n) is 25.4. The van der Waals surface area contributed by atoms with Crippen LogP contribution in [0.1, 0.15) is 28.3 Å². The number of hydrogen-bond donors (Lipinski definition) is 2. The highest BCUT2D eigenvalue weighted by Gasteiger charge is 2.69. The first kappa shape index (κ1) is 30.3. The van der Waals surface area contributed by atoms with Crippen molar-refractivity contribution in [1.82, 2.24) is 4.98 Å². The molecule has 12 heteroatoms. The number of ether oxygens (including phenoxy) is 2. The number of thiazole rings is 1. The summed E-state index contributed by atoms with van der Waals surface area (Å²) in [5.74, 6) is -0.894. The molecule has 2 aliphatic heterocycles. The van der Waals surface area contributed by atoms with Crippen molar-refractivity contribution in [3.63, 3.8) is 0 Å². The standard InChI is InChI=1S/C35H30ClN3O6S2/c1-16-4-3-5-18(12-16)37-25(40)15-45-24-11-6-17(36)13-21(24)26-27-22-14-23(30(27)46-32-31(26)47-35(43)38-32)29-28(22)33(41)39(34(29)42)19-7-9-20(44-2)10-8-19/h3-13,22-23,26-30H,14-15H2,1-2H3,(H,37,40)(H,38,43)/t22?,23?,26-,27?,28?,29?,30?/m1/s1. The average molecular weight is 688 g/mol. The Bertz CT molecular complexity index is 1990. The summed E-state index contributed by atoms with van der Waals surface area (Å²) in [6.45, 7) is 1.73. The van der Waals surface area contributed by atoms with Crippen molar-refractivity contribution in [1.29, 1.82) is 0 Å². The second-order valence-corrected chi connectivity index (χ2v) is 15.2. The lowest BCUT2D eigenvalue weighted by Gasteiger charge is -2.43. The summed E-state index contributed by atoms with van der Waals surface area (Å²) < 4.78 is 11.5. The maximum Gasteiger partial charge on any atom is 0.305 e. The predicted molar refractivity (Wildman–Crippen MR) is 181 cm³/mol. The highest BCUT2D eigenvalue weighted by Crippen LogP contribution is 2.69. The third-order valence-electron chi connectivity index (χ3n) is 10.0. The number of hydrogen-bond acceptors (Lipinski definition) is 8. The van der Waals surface area contributed by atoms with Crippen molar-refractivity contribution < 1.29 is 23.9 Å². The second-order valence-electron chi connectivity index (χ2n) is 12.6. The number of carbonyl (C=O) groups is 3. The van der Waals surface area contributed by atoms with Gasteiger partial charge in [0.15, 0.2) is 6.61 Å². The smallest absolute Gasteiger partial charge is 0.305 e. The van der Waals surface area contributed by atoms with Gasteiger partial charge < -0.3 is 19.8 Å². The Kier molecular flexibility index (Phi) is 7.46. The fraction of sp³-hybridized carbons (Fsp3) is 0.314. The van der Waals surface area contributed by atoms with Crippen LogP contribution < -0.4 is 24.6 Å². The maximum absolute atomic E-state index is 14.1. The van der Waals surface area contributed by atoms with Crippen molar-refractivity contribution in [3.8, 4) is 11.5 Å². The normalized spacial score (nSPS) is 27.0. The van der Waals surface area contributed by atoms with Gasteiger partial charge in [-0.05, 0) is 91.3 Å². The van der Waals surface area contributed by atoms with Crippen LogP contribution >= 0.6 is 34.7 Å². The summed E-state index contributed by atoms with van der Waals surface area (Å²) >= 11 is 9.36. The molecule has 3 amide bonds. The summed E-state index contributed by atoms with van der Waals surface area (Å²) in [4.78, 5) is 58.8. The predicted octanol–water partition coefficient (Wildman–Crippen LogP) is 6.10. The first-order valence-corrected chi connectivity index (χ1v) is 17.5. The molecule has 2 N–H and O–H groups in total. The number of benzene rings is 3. The molecule has 240 valence electrons. The first-order valence-electron chi connectivity index (χ1n) is 15.4. The Morgan fingerprint density at radius 1 is 1.02 bits per heavy atom. The molecule has 4 aromatic rings. The van der Waals surface area contributed by atoms with Crippen molar-refractivity contribution >= 4 is 63.8 Å². The molecule has 4 aliphatic rings. The first-order chi connectivity index (χ1) is 22.7. The Hall–Kier alpha value is -4.06. The van der Waals surface area contributed by atoms with E-state index in [2.05, 4.69) is 10.3 Å². The van der Waals surface area contributed by atoms with Gasteiger partial charge in [0.1, 0.15) is 11.5 Å². The van der Waals surface area contributed by atoms with Crippen LogP contribution in [0.2, 0.25) is 5.02 Å². The lowest BCUT2D eigenvalue weighted by molar-refractivity contribution is -0.123. The zero-order valence-corrected chi connectivity index (χ0v) is 27.8. The number of methoxy groups -OCH3 is 1. The zero-order chi connectivity index (χ0) is 32.6. The van der Waals surface area contributed by atoms with Gasteiger partial charge in [0, 0.05) is 32.3 Å². The Balaban J connectivity index is 1.13. The number of thioether (sulfide) groups is 1. The number of fused-ring (bicyclic) bond motifs is 9. The van der Waals surface area contributed by atoms with Crippen molar-refractivity contribution in [2.24, 2.45) is 29.6 Å². The van der Waals surface area contributed by atoms with Crippen LogP contribution in [-0.4, -0.2) is 41.7 Å². The van der Waals surface area contributed by atoms with Crippen LogP contribution in [-0.2, 0) is 14.4 Å². The number of aryl methyl sites for hydroxylation is 1. The molecular weight excluding hydrogens is 658 g/mol. The molecule has 3 aromatic carbocycles. The minimum Gasteiger partial charge on any atom is -0.497 e. The lowest BCUT2D eigenvalue weighted by atomic mass is 9.68. The number of amides is 3. The third kappa shape index (κ3) is 4.98. The number of imide groups is 1. The topological polar surface area (TPSA) is 118 Å². The minimum atomic E-state index is -0.458. The van der Waals surface area contributed by atoms with Crippen molar-refractivity contribution in [2.75, 3.05) is 23.9 Å². The molecular formula is C35H30ClN3O6S2. The van der Waals surface area contributed by atoms with E-state index >= 15 is 0 Å². The van der Waals surface area contributed by atoms with Gasteiger partial charge in [0.05, 0.1) is 29.7 Å². The number of aromatic amines is 1. The van der Waals surface area contributed by atoms with E-state index in [1.165, 1.54) is 4.90 Å². The summed E-state index contributed by atoms with van der Waals surface area (Å²) in [7, 11) is 1.57. The largest absolute Gasteiger partial charge is 0.497 e. The van der Waals surface area contributed by atoms with Crippen LogP contribution in [0, 0.1) is 36.5 Å². The van der Waals surface area contributed by atoms with Crippen molar-refractivity contribution in [3.05, 3.63) is 97.4 Å². The Labute approximate surface area is 283 Å². The van der Waals surface area contributed by atoms with E-state index in [1.807, 2.05) is 37.3 Å². The van der Waals surface area contributed by atoms with Gasteiger partial charge in [0.2, 0.25) is 11.8 Å². The third-order valence-corrected chi connectivity index (χ3v) is 12.8. The molecule has 2 saturated carbocycles. The fourth-order valence-corrected chi connectivity index (χ4v) is 11.4. The number of rotatable bonds is 7.